The number of aromatic nitrogens is 2. The molecule has 0 spiro atoms. The molecule has 1 aromatic carbocycles. The van der Waals surface area contributed by atoms with Gasteiger partial charge in [-0.15, -0.1) is 5.59 Å². The zero-order valence-corrected chi connectivity index (χ0v) is 13.4. The summed E-state index contributed by atoms with van der Waals surface area (Å²) in [6, 6.07) is 9.67. The lowest BCUT2D eigenvalue weighted by molar-refractivity contribution is -0.0772. The Labute approximate surface area is 139 Å². The highest BCUT2D eigenvalue weighted by molar-refractivity contribution is 5.77. The fourth-order valence-electron chi connectivity index (χ4n) is 3.26. The van der Waals surface area contributed by atoms with Crippen LogP contribution in [-0.4, -0.2) is 38.7 Å². The summed E-state index contributed by atoms with van der Waals surface area (Å²) in [5.41, 5.74) is 3.85. The van der Waals surface area contributed by atoms with E-state index in [0.717, 1.165) is 18.4 Å². The quantitative estimate of drug-likeness (QED) is 0.844. The molecule has 8 nitrogen and oxygen atoms in total. The van der Waals surface area contributed by atoms with Gasteiger partial charge in [0.25, 0.3) is 0 Å². The first-order valence-electron chi connectivity index (χ1n) is 8.04. The number of nitrogens with one attached hydrogen (secondary N) is 1. The van der Waals surface area contributed by atoms with E-state index in [0.29, 0.717) is 24.9 Å². The van der Waals surface area contributed by atoms with Gasteiger partial charge in [-0.1, -0.05) is 35.5 Å². The summed E-state index contributed by atoms with van der Waals surface area (Å²) in [7, 11) is 0. The van der Waals surface area contributed by atoms with Crippen molar-refractivity contribution in [1.29, 1.82) is 0 Å². The molecule has 0 saturated carbocycles. The number of fused-ring (bicyclic) bond motifs is 2. The van der Waals surface area contributed by atoms with Gasteiger partial charge in [-0.25, -0.2) is 9.80 Å². The highest BCUT2D eigenvalue weighted by atomic mass is 16.7. The first-order valence-corrected chi connectivity index (χ1v) is 8.04. The Balaban J connectivity index is 1.39. The van der Waals surface area contributed by atoms with Crippen molar-refractivity contribution in [3.05, 3.63) is 47.6 Å². The molecular formula is C16H19N5O3. The van der Waals surface area contributed by atoms with Crippen LogP contribution in [0.15, 0.2) is 34.9 Å². The maximum Gasteiger partial charge on any atom is 0.337 e. The van der Waals surface area contributed by atoms with Crippen LogP contribution in [0, 0.1) is 6.92 Å². The Kier molecular flexibility index (Phi) is 3.91. The summed E-state index contributed by atoms with van der Waals surface area (Å²) in [5, 5.41) is 5.53. The van der Waals surface area contributed by atoms with Crippen molar-refractivity contribution in [3.8, 4) is 0 Å². The fraction of sp³-hybridized carbons (Fsp3) is 0.438. The summed E-state index contributed by atoms with van der Waals surface area (Å²) in [5.74, 6) is 1.09. The first-order chi connectivity index (χ1) is 11.7. The third kappa shape index (κ3) is 2.74. The van der Waals surface area contributed by atoms with Gasteiger partial charge in [0.2, 0.25) is 5.89 Å². The Morgan fingerprint density at radius 1 is 1.33 bits per heavy atom. The number of piperidine rings is 1. The van der Waals surface area contributed by atoms with Crippen LogP contribution < -0.4 is 5.59 Å². The maximum atomic E-state index is 12.6. The maximum absolute atomic E-state index is 12.6. The van der Waals surface area contributed by atoms with Crippen molar-refractivity contribution in [2.75, 3.05) is 6.54 Å². The number of carbonyl (C=O) groups excluding carboxylic acids is 1. The van der Waals surface area contributed by atoms with Crippen molar-refractivity contribution in [3.63, 3.8) is 0 Å². The normalized spacial score (nSPS) is 23.1. The molecule has 2 fully saturated rings. The summed E-state index contributed by atoms with van der Waals surface area (Å²) >= 11 is 0. The Hall–Kier alpha value is -2.45. The number of hydrogen-bond acceptors (Lipinski definition) is 6. The first kappa shape index (κ1) is 15.1. The fourth-order valence-corrected chi connectivity index (χ4v) is 3.26. The molecule has 126 valence electrons. The van der Waals surface area contributed by atoms with Crippen LogP contribution in [0.5, 0.6) is 0 Å². The number of hydrazine groups is 1. The minimum Gasteiger partial charge on any atom is -0.340 e. The summed E-state index contributed by atoms with van der Waals surface area (Å²) in [6.07, 6.45) is 1.68. The molecule has 2 bridgehead atoms. The van der Waals surface area contributed by atoms with Gasteiger partial charge in [-0.05, 0) is 18.4 Å². The summed E-state index contributed by atoms with van der Waals surface area (Å²) in [6.45, 7) is 2.78. The standard InChI is InChI=1S/C16H19N5O3/c1-11-17-15(18-24-11)14-8-7-13-9-20(14)16(22)21(13)19-23-10-12-5-3-2-4-6-12/h2-6,13-14,19H,7-10H2,1H3/t13-,14?/m1/s1. The van der Waals surface area contributed by atoms with E-state index in [2.05, 4.69) is 15.7 Å². The van der Waals surface area contributed by atoms with Crippen LogP contribution >= 0.6 is 0 Å². The van der Waals surface area contributed by atoms with Crippen LogP contribution in [0.3, 0.4) is 0 Å². The molecule has 2 amide bonds. The zero-order valence-electron chi connectivity index (χ0n) is 13.4. The number of benzene rings is 1. The number of rotatable bonds is 5. The monoisotopic (exact) mass is 329 g/mol. The van der Waals surface area contributed by atoms with Gasteiger partial charge >= 0.3 is 6.03 Å². The molecule has 4 rings (SSSR count). The van der Waals surface area contributed by atoms with E-state index >= 15 is 0 Å². The minimum atomic E-state index is -0.132. The van der Waals surface area contributed by atoms with Gasteiger partial charge in [0.05, 0.1) is 18.7 Å². The highest BCUT2D eigenvalue weighted by Gasteiger charge is 2.46. The Morgan fingerprint density at radius 2 is 2.17 bits per heavy atom. The van der Waals surface area contributed by atoms with Crippen LogP contribution in [0.4, 0.5) is 4.79 Å². The largest absolute Gasteiger partial charge is 0.340 e. The zero-order chi connectivity index (χ0) is 16.5. The molecule has 8 heteroatoms. The summed E-state index contributed by atoms with van der Waals surface area (Å²) in [4.78, 5) is 24.2. The summed E-state index contributed by atoms with van der Waals surface area (Å²) < 4.78 is 5.05. The lowest BCUT2D eigenvalue weighted by Crippen LogP contribution is -2.44. The minimum absolute atomic E-state index is 0.0949. The van der Waals surface area contributed by atoms with Gasteiger partial charge in [0.1, 0.15) is 0 Å². The predicted octanol–water partition coefficient (Wildman–Crippen LogP) is 1.96. The van der Waals surface area contributed by atoms with Gasteiger partial charge in [0, 0.05) is 13.5 Å². The average molecular weight is 329 g/mol. The molecule has 1 N–H and O–H groups in total. The second kappa shape index (κ2) is 6.21. The smallest absolute Gasteiger partial charge is 0.337 e. The molecule has 1 aromatic heterocycles. The van der Waals surface area contributed by atoms with Crippen molar-refractivity contribution < 1.29 is 14.2 Å². The van der Waals surface area contributed by atoms with Gasteiger partial charge in [0.15, 0.2) is 5.82 Å². The topological polar surface area (TPSA) is 83.7 Å². The second-order valence-corrected chi connectivity index (χ2v) is 6.09. The van der Waals surface area contributed by atoms with Crippen LogP contribution in [0.2, 0.25) is 0 Å². The predicted molar refractivity (Wildman–Crippen MR) is 83.1 cm³/mol. The van der Waals surface area contributed by atoms with E-state index in [-0.39, 0.29) is 18.1 Å². The molecule has 3 heterocycles. The second-order valence-electron chi connectivity index (χ2n) is 6.09. The van der Waals surface area contributed by atoms with Crippen LogP contribution in [-0.2, 0) is 11.4 Å². The molecule has 1 unspecified atom stereocenters. The SMILES string of the molecule is Cc1nc(C2CC[C@@H]3CN2C(=O)N3NOCc2ccccc2)no1. The lowest BCUT2D eigenvalue weighted by atomic mass is 10.0. The van der Waals surface area contributed by atoms with Gasteiger partial charge < -0.3 is 9.42 Å². The number of aryl methyl sites for hydroxylation is 1. The molecule has 0 radical (unpaired) electrons. The molecule has 2 saturated heterocycles. The molecule has 0 aliphatic carbocycles. The van der Waals surface area contributed by atoms with E-state index in [1.807, 2.05) is 30.3 Å². The third-order valence-electron chi connectivity index (χ3n) is 4.46. The molecular weight excluding hydrogens is 310 g/mol. The Morgan fingerprint density at radius 3 is 2.92 bits per heavy atom. The van der Waals surface area contributed by atoms with Gasteiger partial charge in [-0.2, -0.15) is 4.98 Å². The van der Waals surface area contributed by atoms with E-state index in [1.165, 1.54) is 0 Å². The van der Waals surface area contributed by atoms with Gasteiger partial charge in [-0.3, -0.25) is 4.84 Å². The van der Waals surface area contributed by atoms with E-state index in [9.17, 15) is 4.79 Å². The van der Waals surface area contributed by atoms with Crippen LogP contribution in [0.1, 0.15) is 36.2 Å². The highest BCUT2D eigenvalue weighted by Crippen LogP contribution is 2.36. The number of urea groups is 1. The lowest BCUT2D eigenvalue weighted by Gasteiger charge is -2.27. The molecule has 2 atom stereocenters. The van der Waals surface area contributed by atoms with Crippen LogP contribution in [0.25, 0.3) is 0 Å². The average Bonchev–Trinajstić information content (AvgIpc) is 3.13. The molecule has 24 heavy (non-hydrogen) atoms. The molecule has 2 aromatic rings. The Bertz CT molecular complexity index is 720. The van der Waals surface area contributed by atoms with E-state index in [4.69, 9.17) is 9.36 Å². The third-order valence-corrected chi connectivity index (χ3v) is 4.46. The van der Waals surface area contributed by atoms with E-state index in [1.54, 1.807) is 16.8 Å². The number of amides is 2. The number of nitrogens with zero attached hydrogens (tertiary/aromatic N) is 4. The number of hydrogen-bond donors (Lipinski definition) is 1. The van der Waals surface area contributed by atoms with Crippen molar-refractivity contribution in [2.24, 2.45) is 0 Å². The number of carbonyl (C=O) groups is 1. The van der Waals surface area contributed by atoms with Crippen molar-refractivity contribution >= 4 is 6.03 Å². The van der Waals surface area contributed by atoms with Crippen molar-refractivity contribution in [2.45, 2.75) is 38.5 Å². The van der Waals surface area contributed by atoms with E-state index < -0.39 is 0 Å². The molecule has 2 aliphatic heterocycles. The molecule has 2 aliphatic rings. The van der Waals surface area contributed by atoms with Crippen molar-refractivity contribution in [1.82, 2.24) is 25.6 Å².